The van der Waals surface area contributed by atoms with Crippen molar-refractivity contribution in [3.05, 3.63) is 35.6 Å². The van der Waals surface area contributed by atoms with E-state index in [9.17, 15) is 9.18 Å². The largest absolute Gasteiger partial charge is 0.469 e. The molecule has 0 aromatic heterocycles. The van der Waals surface area contributed by atoms with E-state index in [1.54, 1.807) is 17.8 Å². The highest BCUT2D eigenvalue weighted by Crippen LogP contribution is 2.20. The topological polar surface area (TPSA) is 26.3 Å². The van der Waals surface area contributed by atoms with Crippen LogP contribution in [0.1, 0.15) is 18.9 Å². The van der Waals surface area contributed by atoms with Crippen molar-refractivity contribution in [2.45, 2.75) is 24.3 Å². The molecule has 0 N–H and O–H groups in total. The van der Waals surface area contributed by atoms with Gasteiger partial charge in [0.05, 0.1) is 13.5 Å². The van der Waals surface area contributed by atoms with Gasteiger partial charge in [-0.1, -0.05) is 19.1 Å². The van der Waals surface area contributed by atoms with Crippen molar-refractivity contribution in [3.8, 4) is 0 Å². The lowest BCUT2D eigenvalue weighted by atomic mass is 10.2. The Morgan fingerprint density at radius 1 is 1.56 bits per heavy atom. The van der Waals surface area contributed by atoms with Crippen LogP contribution < -0.4 is 0 Å². The second-order valence-electron chi connectivity index (χ2n) is 3.53. The zero-order chi connectivity index (χ0) is 12.0. The van der Waals surface area contributed by atoms with E-state index in [2.05, 4.69) is 4.74 Å². The minimum Gasteiger partial charge on any atom is -0.469 e. The van der Waals surface area contributed by atoms with Gasteiger partial charge in [0.2, 0.25) is 0 Å². The molecule has 0 fully saturated rings. The SMILES string of the molecule is COC(=O)CC(C)SCc1cccc(F)c1. The first kappa shape index (κ1) is 13.0. The van der Waals surface area contributed by atoms with Crippen molar-refractivity contribution in [1.82, 2.24) is 0 Å². The monoisotopic (exact) mass is 242 g/mol. The maximum Gasteiger partial charge on any atom is 0.306 e. The normalized spacial score (nSPS) is 12.2. The Morgan fingerprint density at radius 2 is 2.31 bits per heavy atom. The van der Waals surface area contributed by atoms with E-state index < -0.39 is 0 Å². The molecule has 88 valence electrons. The molecule has 0 saturated carbocycles. The molecule has 0 amide bonds. The number of hydrogen-bond acceptors (Lipinski definition) is 3. The molecular weight excluding hydrogens is 227 g/mol. The molecule has 0 aliphatic rings. The van der Waals surface area contributed by atoms with Gasteiger partial charge in [-0.15, -0.1) is 0 Å². The van der Waals surface area contributed by atoms with Gasteiger partial charge in [0.15, 0.2) is 0 Å². The van der Waals surface area contributed by atoms with Crippen LogP contribution in [0.25, 0.3) is 0 Å². The van der Waals surface area contributed by atoms with E-state index in [-0.39, 0.29) is 17.0 Å². The lowest BCUT2D eigenvalue weighted by Crippen LogP contribution is -2.08. The van der Waals surface area contributed by atoms with Crippen molar-refractivity contribution in [1.29, 1.82) is 0 Å². The number of carbonyl (C=O) groups is 1. The Bertz CT molecular complexity index is 355. The fourth-order valence-corrected chi connectivity index (χ4v) is 2.15. The van der Waals surface area contributed by atoms with Crippen LogP contribution in [0, 0.1) is 5.82 Å². The fourth-order valence-electron chi connectivity index (χ4n) is 1.24. The molecule has 0 heterocycles. The summed E-state index contributed by atoms with van der Waals surface area (Å²) >= 11 is 1.61. The minimum absolute atomic E-state index is 0.177. The van der Waals surface area contributed by atoms with Crippen LogP contribution in [0.2, 0.25) is 0 Å². The van der Waals surface area contributed by atoms with E-state index in [0.29, 0.717) is 12.2 Å². The highest BCUT2D eigenvalue weighted by molar-refractivity contribution is 7.99. The molecule has 0 radical (unpaired) electrons. The number of benzene rings is 1. The van der Waals surface area contributed by atoms with Gasteiger partial charge in [0, 0.05) is 11.0 Å². The average molecular weight is 242 g/mol. The predicted molar refractivity (Wildman–Crippen MR) is 63.8 cm³/mol. The van der Waals surface area contributed by atoms with Crippen LogP contribution in [-0.2, 0) is 15.3 Å². The first-order valence-electron chi connectivity index (χ1n) is 5.04. The van der Waals surface area contributed by atoms with Gasteiger partial charge in [0.1, 0.15) is 5.82 Å². The van der Waals surface area contributed by atoms with Gasteiger partial charge in [0.25, 0.3) is 0 Å². The van der Waals surface area contributed by atoms with Gasteiger partial charge < -0.3 is 4.74 Å². The number of thioether (sulfide) groups is 1. The number of ether oxygens (including phenoxy) is 1. The molecule has 0 saturated heterocycles. The van der Waals surface area contributed by atoms with Crippen molar-refractivity contribution < 1.29 is 13.9 Å². The Balaban J connectivity index is 2.37. The van der Waals surface area contributed by atoms with Crippen LogP contribution in [0.5, 0.6) is 0 Å². The molecule has 1 atom stereocenters. The first-order valence-corrected chi connectivity index (χ1v) is 6.09. The molecule has 16 heavy (non-hydrogen) atoms. The maximum absolute atomic E-state index is 12.9. The Kier molecular flexibility index (Phi) is 5.32. The molecular formula is C12H15FO2S. The van der Waals surface area contributed by atoms with E-state index in [0.717, 1.165) is 5.56 Å². The predicted octanol–water partition coefficient (Wildman–Crippen LogP) is 3.01. The molecule has 2 nitrogen and oxygen atoms in total. The van der Waals surface area contributed by atoms with E-state index in [4.69, 9.17) is 0 Å². The highest BCUT2D eigenvalue weighted by Gasteiger charge is 2.09. The maximum atomic E-state index is 12.9. The lowest BCUT2D eigenvalue weighted by Gasteiger charge is -2.09. The summed E-state index contributed by atoms with van der Waals surface area (Å²) in [5.74, 6) is 0.272. The van der Waals surface area contributed by atoms with Crippen molar-refractivity contribution in [3.63, 3.8) is 0 Å². The summed E-state index contributed by atoms with van der Waals surface area (Å²) in [6.07, 6.45) is 0.385. The minimum atomic E-state index is -0.223. The number of halogens is 1. The summed E-state index contributed by atoms with van der Waals surface area (Å²) in [7, 11) is 1.38. The second-order valence-corrected chi connectivity index (χ2v) is 4.96. The fraction of sp³-hybridized carbons (Fsp3) is 0.417. The molecule has 0 spiro atoms. The van der Waals surface area contributed by atoms with E-state index in [1.165, 1.54) is 19.2 Å². The summed E-state index contributed by atoms with van der Waals surface area (Å²) in [5, 5.41) is 0.177. The van der Waals surface area contributed by atoms with Gasteiger partial charge in [-0.2, -0.15) is 11.8 Å². The van der Waals surface area contributed by atoms with Gasteiger partial charge >= 0.3 is 5.97 Å². The van der Waals surface area contributed by atoms with Crippen LogP contribution in [-0.4, -0.2) is 18.3 Å². The van der Waals surface area contributed by atoms with Gasteiger partial charge in [-0.25, -0.2) is 4.39 Å². The summed E-state index contributed by atoms with van der Waals surface area (Å²) in [4.78, 5) is 11.0. The average Bonchev–Trinajstić information content (AvgIpc) is 2.26. The molecule has 0 aliphatic carbocycles. The molecule has 0 aliphatic heterocycles. The number of carbonyl (C=O) groups excluding carboxylic acids is 1. The van der Waals surface area contributed by atoms with Crippen LogP contribution in [0.15, 0.2) is 24.3 Å². The number of rotatable bonds is 5. The summed E-state index contributed by atoms with van der Waals surface area (Å²) in [6, 6.07) is 6.50. The van der Waals surface area contributed by atoms with E-state index in [1.807, 2.05) is 13.0 Å². The molecule has 0 bridgehead atoms. The summed E-state index contributed by atoms with van der Waals surface area (Å²) in [5.41, 5.74) is 0.932. The molecule has 1 rings (SSSR count). The summed E-state index contributed by atoms with van der Waals surface area (Å²) in [6.45, 7) is 1.96. The quantitative estimate of drug-likeness (QED) is 0.742. The Hall–Kier alpha value is -1.03. The third-order valence-electron chi connectivity index (χ3n) is 2.11. The van der Waals surface area contributed by atoms with Crippen molar-refractivity contribution in [2.24, 2.45) is 0 Å². The van der Waals surface area contributed by atoms with Gasteiger partial charge in [-0.05, 0) is 17.7 Å². The standard InChI is InChI=1S/C12H15FO2S/c1-9(6-12(14)15-2)16-8-10-4-3-5-11(13)7-10/h3-5,7,9H,6,8H2,1-2H3. The zero-order valence-corrected chi connectivity index (χ0v) is 10.2. The number of hydrogen-bond donors (Lipinski definition) is 0. The number of methoxy groups -OCH3 is 1. The Labute approximate surface area is 99.2 Å². The third kappa shape index (κ3) is 4.66. The molecule has 1 unspecified atom stereocenters. The lowest BCUT2D eigenvalue weighted by molar-refractivity contribution is -0.140. The molecule has 1 aromatic rings. The number of esters is 1. The van der Waals surface area contributed by atoms with Crippen molar-refractivity contribution in [2.75, 3.05) is 7.11 Å². The zero-order valence-electron chi connectivity index (χ0n) is 9.40. The van der Waals surface area contributed by atoms with Gasteiger partial charge in [-0.3, -0.25) is 4.79 Å². The Morgan fingerprint density at radius 3 is 2.94 bits per heavy atom. The van der Waals surface area contributed by atoms with Crippen LogP contribution in [0.3, 0.4) is 0 Å². The first-order chi connectivity index (χ1) is 7.61. The van der Waals surface area contributed by atoms with Crippen LogP contribution in [0.4, 0.5) is 4.39 Å². The molecule has 4 heteroatoms. The van der Waals surface area contributed by atoms with Crippen LogP contribution >= 0.6 is 11.8 Å². The smallest absolute Gasteiger partial charge is 0.306 e. The second kappa shape index (κ2) is 6.53. The van der Waals surface area contributed by atoms with E-state index >= 15 is 0 Å². The molecule has 1 aromatic carbocycles. The highest BCUT2D eigenvalue weighted by atomic mass is 32.2. The third-order valence-corrected chi connectivity index (χ3v) is 3.34. The summed E-state index contributed by atoms with van der Waals surface area (Å²) < 4.78 is 17.5. The van der Waals surface area contributed by atoms with Crippen molar-refractivity contribution >= 4 is 17.7 Å².